The van der Waals surface area contributed by atoms with Crippen molar-refractivity contribution in [1.29, 1.82) is 0 Å². The van der Waals surface area contributed by atoms with Gasteiger partial charge in [0.05, 0.1) is 18.3 Å². The van der Waals surface area contributed by atoms with Gasteiger partial charge in [0.2, 0.25) is 0 Å². The lowest BCUT2D eigenvalue weighted by Crippen LogP contribution is -2.59. The van der Waals surface area contributed by atoms with Crippen LogP contribution >= 0.6 is 0 Å². The molecule has 0 radical (unpaired) electrons. The number of hydrogen-bond donors (Lipinski definition) is 3. The van der Waals surface area contributed by atoms with Gasteiger partial charge in [0, 0.05) is 46.1 Å². The molecule has 1 amide bonds. The van der Waals surface area contributed by atoms with Gasteiger partial charge in [-0.3, -0.25) is 19.2 Å². The summed E-state index contributed by atoms with van der Waals surface area (Å²) in [6.07, 6.45) is 13.0. The van der Waals surface area contributed by atoms with Crippen LogP contribution in [-0.2, 0) is 42.9 Å². The van der Waals surface area contributed by atoms with Gasteiger partial charge in [0.25, 0.3) is 11.7 Å². The highest BCUT2D eigenvalue weighted by atomic mass is 16.5. The molecule has 1 unspecified atom stereocenters. The zero-order valence-corrected chi connectivity index (χ0v) is 40.9. The SMILES string of the molecule is CO[C@H]1C[C@@H]2CC[C@@H](C)[C@@](O)(C2)C(=O)C(=O)N2CCCC[C@H]2C(=O)O[C@H]([C@H](C)CC2CC[C@@H](O)[C@H](OC)C2)CC(=O)[C@H](C)/C=C(\C)[C@@H](O)[C@@H](OC)C(=O)[C@H](C)C[C@H](C)/C=C/C=C/C=C/1C. The smallest absolute Gasteiger partial charge is 0.329 e. The van der Waals surface area contributed by atoms with Crippen molar-refractivity contribution >= 4 is 29.2 Å². The van der Waals surface area contributed by atoms with Gasteiger partial charge in [0.15, 0.2) is 5.78 Å². The van der Waals surface area contributed by atoms with E-state index in [0.717, 1.165) is 18.4 Å². The number of hydrogen-bond acceptors (Lipinski definition) is 12. The molecule has 2 aliphatic heterocycles. The lowest BCUT2D eigenvalue weighted by Gasteiger charge is -2.43. The Bertz CT molecular complexity index is 1750. The molecular formula is C52H81NO12. The second kappa shape index (κ2) is 25.2. The fourth-order valence-corrected chi connectivity index (χ4v) is 10.7. The first kappa shape index (κ1) is 54.3. The Morgan fingerprint density at radius 1 is 0.846 bits per heavy atom. The Hall–Kier alpha value is -3.33. The third kappa shape index (κ3) is 14.3. The Morgan fingerprint density at radius 2 is 1.57 bits per heavy atom. The fourth-order valence-electron chi connectivity index (χ4n) is 10.7. The number of allylic oxidation sites excluding steroid dienone is 6. The summed E-state index contributed by atoms with van der Waals surface area (Å²) in [6, 6.07) is -1.08. The molecule has 2 saturated carbocycles. The normalized spacial score (nSPS) is 40.4. The number of ketones is 3. The van der Waals surface area contributed by atoms with Crippen LogP contribution in [-0.4, -0.2) is 126 Å². The monoisotopic (exact) mass is 912 g/mol. The molecule has 0 aromatic carbocycles. The average Bonchev–Trinajstić information content (AvgIpc) is 3.28. The summed E-state index contributed by atoms with van der Waals surface area (Å²) in [6.45, 7) is 13.0. The van der Waals surface area contributed by atoms with Crippen LogP contribution in [0.3, 0.4) is 0 Å². The van der Waals surface area contributed by atoms with Crippen LogP contribution in [0.1, 0.15) is 132 Å². The summed E-state index contributed by atoms with van der Waals surface area (Å²) in [5, 5.41) is 34.1. The van der Waals surface area contributed by atoms with Crippen LogP contribution in [0.5, 0.6) is 0 Å². The van der Waals surface area contributed by atoms with Gasteiger partial charge in [-0.2, -0.15) is 0 Å². The van der Waals surface area contributed by atoms with Gasteiger partial charge in [-0.1, -0.05) is 71.1 Å². The van der Waals surface area contributed by atoms with Gasteiger partial charge in [0.1, 0.15) is 35.7 Å². The fraction of sp³-hybridized carbons (Fsp3) is 0.750. The molecule has 4 rings (SSSR count). The second-order valence-corrected chi connectivity index (χ2v) is 20.1. The van der Waals surface area contributed by atoms with E-state index in [1.807, 2.05) is 58.1 Å². The number of amides is 1. The van der Waals surface area contributed by atoms with E-state index >= 15 is 0 Å². The van der Waals surface area contributed by atoms with Crippen molar-refractivity contribution in [2.24, 2.45) is 41.4 Å². The highest BCUT2D eigenvalue weighted by Gasteiger charge is 2.51. The van der Waals surface area contributed by atoms with E-state index in [4.69, 9.17) is 18.9 Å². The number of cyclic esters (lactones) is 1. The van der Waals surface area contributed by atoms with Crippen LogP contribution in [0, 0.1) is 41.4 Å². The predicted molar refractivity (Wildman–Crippen MR) is 248 cm³/mol. The molecule has 366 valence electrons. The van der Waals surface area contributed by atoms with Crippen molar-refractivity contribution in [2.45, 2.75) is 180 Å². The molecule has 0 spiro atoms. The molecule has 0 aromatic rings. The molecule has 3 N–H and O–H groups in total. The number of esters is 1. The van der Waals surface area contributed by atoms with Crippen LogP contribution < -0.4 is 0 Å². The topological polar surface area (TPSA) is 186 Å². The molecule has 4 aliphatic rings. The summed E-state index contributed by atoms with van der Waals surface area (Å²) in [5.74, 6) is -4.93. The van der Waals surface area contributed by atoms with E-state index in [1.54, 1.807) is 41.1 Å². The van der Waals surface area contributed by atoms with Crippen molar-refractivity contribution in [1.82, 2.24) is 4.90 Å². The molecule has 65 heavy (non-hydrogen) atoms. The summed E-state index contributed by atoms with van der Waals surface area (Å²) >= 11 is 0. The summed E-state index contributed by atoms with van der Waals surface area (Å²) in [5.41, 5.74) is -0.571. The summed E-state index contributed by atoms with van der Waals surface area (Å²) in [7, 11) is 4.59. The molecule has 1 saturated heterocycles. The average molecular weight is 912 g/mol. The minimum atomic E-state index is -1.93. The number of piperidine rings is 1. The zero-order chi connectivity index (χ0) is 48.2. The van der Waals surface area contributed by atoms with Crippen molar-refractivity contribution in [2.75, 3.05) is 27.9 Å². The number of fused-ring (bicyclic) bond motifs is 3. The molecule has 13 nitrogen and oxygen atoms in total. The number of aliphatic hydroxyl groups is 3. The Kier molecular flexibility index (Phi) is 21.0. The van der Waals surface area contributed by atoms with Crippen molar-refractivity contribution in [3.63, 3.8) is 0 Å². The molecule has 13 heteroatoms. The maximum atomic E-state index is 14.4. The predicted octanol–water partition coefficient (Wildman–Crippen LogP) is 6.84. The first-order valence-corrected chi connectivity index (χ1v) is 24.2. The second-order valence-electron chi connectivity index (χ2n) is 20.1. The molecule has 2 aliphatic carbocycles. The van der Waals surface area contributed by atoms with Gasteiger partial charge < -0.3 is 39.2 Å². The van der Waals surface area contributed by atoms with Crippen LogP contribution in [0.15, 0.2) is 47.6 Å². The summed E-state index contributed by atoms with van der Waals surface area (Å²) < 4.78 is 23.3. The Labute approximate surface area is 388 Å². The van der Waals surface area contributed by atoms with Gasteiger partial charge in [-0.05, 0) is 132 Å². The van der Waals surface area contributed by atoms with E-state index < -0.39 is 71.5 Å². The Balaban J connectivity index is 1.70. The maximum Gasteiger partial charge on any atom is 0.329 e. The molecule has 0 aromatic heterocycles. The molecule has 3 fully saturated rings. The first-order chi connectivity index (χ1) is 30.7. The number of carbonyl (C=O) groups is 5. The minimum Gasteiger partial charge on any atom is -0.460 e. The number of methoxy groups -OCH3 is 3. The minimum absolute atomic E-state index is 0.0358. The molecule has 15 atom stereocenters. The zero-order valence-electron chi connectivity index (χ0n) is 40.9. The molecular weight excluding hydrogens is 831 g/mol. The third-order valence-corrected chi connectivity index (χ3v) is 15.1. The number of rotatable bonds is 6. The van der Waals surface area contributed by atoms with Crippen LogP contribution in [0.2, 0.25) is 0 Å². The number of ether oxygens (including phenoxy) is 4. The van der Waals surface area contributed by atoms with E-state index in [-0.39, 0.29) is 73.3 Å². The van der Waals surface area contributed by atoms with Crippen molar-refractivity contribution in [3.8, 4) is 0 Å². The van der Waals surface area contributed by atoms with Crippen LogP contribution in [0.25, 0.3) is 0 Å². The van der Waals surface area contributed by atoms with E-state index in [0.29, 0.717) is 56.9 Å². The molecule has 2 bridgehead atoms. The highest BCUT2D eigenvalue weighted by Crippen LogP contribution is 2.41. The van der Waals surface area contributed by atoms with Gasteiger partial charge in [-0.15, -0.1) is 0 Å². The third-order valence-electron chi connectivity index (χ3n) is 15.1. The number of carbonyl (C=O) groups excluding carboxylic acids is 5. The lowest BCUT2D eigenvalue weighted by atomic mass is 9.67. The summed E-state index contributed by atoms with van der Waals surface area (Å²) in [4.78, 5) is 72.1. The first-order valence-electron chi connectivity index (χ1n) is 24.2. The number of Topliss-reactive ketones (excluding diaryl/α,β-unsaturated/α-hetero) is 3. The van der Waals surface area contributed by atoms with E-state index in [9.17, 15) is 39.3 Å². The Morgan fingerprint density at radius 3 is 2.25 bits per heavy atom. The highest BCUT2D eigenvalue weighted by molar-refractivity contribution is 6.39. The molecule has 2 heterocycles. The van der Waals surface area contributed by atoms with Crippen molar-refractivity contribution in [3.05, 3.63) is 47.6 Å². The number of nitrogens with zero attached hydrogens (tertiary/aromatic N) is 1. The van der Waals surface area contributed by atoms with Gasteiger partial charge in [-0.25, -0.2) is 4.79 Å². The largest absolute Gasteiger partial charge is 0.460 e. The number of aliphatic hydroxyl groups excluding tert-OH is 2. The lowest BCUT2D eigenvalue weighted by molar-refractivity contribution is -0.171. The maximum absolute atomic E-state index is 14.4. The van der Waals surface area contributed by atoms with Crippen LogP contribution in [0.4, 0.5) is 0 Å². The van der Waals surface area contributed by atoms with Crippen molar-refractivity contribution < 1.29 is 58.2 Å². The quantitative estimate of drug-likeness (QED) is 0.143. The van der Waals surface area contributed by atoms with Gasteiger partial charge >= 0.3 is 5.97 Å². The standard InChI is InChI=1S/C52H81NO12/c1-31-16-12-11-13-17-32(2)43(62-8)28-39-20-19-37(7)52(61,30-39)49(58)50(59)53-23-15-14-18-40(53)51(60)65-44(34(4)26-38-21-22-41(54)45(27-38)63-9)29-42(55)33(3)25-36(6)47(57)48(64-10)46(56)35(5)24-31/h11-13,16-17,25,31,33-35,37-41,43-45,47-48,54,57,61H,14-15,18-24,26-30H2,1-10H3/b13-11+,16-12+,32-17+,36-25+/t31-,33-,34-,35-,37-,38?,39+,40+,41-,43+,44+,45-,47-,48+,52+/m1/s1. The van der Waals surface area contributed by atoms with E-state index in [2.05, 4.69) is 0 Å². The van der Waals surface area contributed by atoms with E-state index in [1.165, 1.54) is 12.0 Å².